The number of hydrogen-bond donors (Lipinski definition) is 7. The molecule has 7 N–H and O–H groups in total. The van der Waals surface area contributed by atoms with Gasteiger partial charge in [-0.15, -0.1) is 0 Å². The molecule has 156 valence electrons. The molecular weight excluding hydrogens is 384 g/mol. The van der Waals surface area contributed by atoms with Crippen molar-refractivity contribution in [1.82, 2.24) is 0 Å². The van der Waals surface area contributed by atoms with Crippen LogP contribution >= 0.6 is 0 Å². The van der Waals surface area contributed by atoms with E-state index < -0.39 is 37.3 Å². The second kappa shape index (κ2) is 8.68. The molecule has 1 saturated heterocycles. The number of aliphatic hydroxyl groups excluding tert-OH is 4. The molecular formula is C20H22O9. The zero-order valence-corrected chi connectivity index (χ0v) is 15.2. The molecule has 0 aliphatic carbocycles. The first kappa shape index (κ1) is 20.9. The van der Waals surface area contributed by atoms with E-state index in [1.807, 2.05) is 0 Å². The number of phenolic OH excluding ortho intramolecular Hbond substituents is 3. The lowest BCUT2D eigenvalue weighted by atomic mass is 9.99. The topological polar surface area (TPSA) is 160 Å². The number of aliphatic hydroxyl groups is 4. The van der Waals surface area contributed by atoms with E-state index in [1.54, 1.807) is 18.2 Å². The third-order valence-electron chi connectivity index (χ3n) is 4.53. The summed E-state index contributed by atoms with van der Waals surface area (Å²) in [6.07, 6.45) is -4.36. The quantitative estimate of drug-likeness (QED) is 0.343. The molecule has 0 bridgehead atoms. The van der Waals surface area contributed by atoms with Crippen molar-refractivity contribution >= 4 is 12.2 Å². The van der Waals surface area contributed by atoms with E-state index in [4.69, 9.17) is 9.47 Å². The molecule has 29 heavy (non-hydrogen) atoms. The average molecular weight is 406 g/mol. The molecule has 1 heterocycles. The van der Waals surface area contributed by atoms with Gasteiger partial charge in [0.15, 0.2) is 0 Å². The number of rotatable bonds is 5. The van der Waals surface area contributed by atoms with Crippen molar-refractivity contribution in [3.8, 4) is 23.0 Å². The standard InChI is InChI=1S/C20H22O9/c21-9-16-17(25)18(26)19(27)20(29-16)28-15-8-12(23)7-14(24)13(15)6-3-10-1-4-11(22)5-2-10/h1-8,16-27H,9H2. The largest absolute Gasteiger partial charge is 0.508 e. The van der Waals surface area contributed by atoms with Crippen LogP contribution in [0.25, 0.3) is 12.2 Å². The van der Waals surface area contributed by atoms with Crippen molar-refractivity contribution in [2.75, 3.05) is 6.61 Å². The summed E-state index contributed by atoms with van der Waals surface area (Å²) in [6, 6.07) is 8.53. The number of ether oxygens (including phenoxy) is 2. The summed E-state index contributed by atoms with van der Waals surface area (Å²) < 4.78 is 10.9. The van der Waals surface area contributed by atoms with E-state index in [0.717, 1.165) is 6.07 Å². The Balaban J connectivity index is 1.89. The van der Waals surface area contributed by atoms with Crippen LogP contribution in [0.5, 0.6) is 23.0 Å². The average Bonchev–Trinajstić information content (AvgIpc) is 2.69. The van der Waals surface area contributed by atoms with Crippen molar-refractivity contribution < 1.29 is 45.2 Å². The van der Waals surface area contributed by atoms with Crippen molar-refractivity contribution in [3.63, 3.8) is 0 Å². The molecule has 5 unspecified atom stereocenters. The Hall–Kier alpha value is -2.82. The first-order valence-corrected chi connectivity index (χ1v) is 8.80. The fraction of sp³-hybridized carbons (Fsp3) is 0.300. The SMILES string of the molecule is OCC1OC(Oc2cc(O)cc(O)c2C=Cc2ccc(O)cc2)C(O)C(O)C1O. The molecule has 2 aromatic carbocycles. The molecule has 3 rings (SSSR count). The lowest BCUT2D eigenvalue weighted by molar-refractivity contribution is -0.277. The molecule has 5 atom stereocenters. The highest BCUT2D eigenvalue weighted by atomic mass is 16.7. The van der Waals surface area contributed by atoms with Crippen LogP contribution in [0.2, 0.25) is 0 Å². The van der Waals surface area contributed by atoms with Crippen LogP contribution in [0.1, 0.15) is 11.1 Å². The zero-order valence-electron chi connectivity index (χ0n) is 15.2. The lowest BCUT2D eigenvalue weighted by Crippen LogP contribution is -2.60. The molecule has 1 fully saturated rings. The van der Waals surface area contributed by atoms with E-state index in [0.29, 0.717) is 5.56 Å². The second-order valence-corrected chi connectivity index (χ2v) is 6.62. The van der Waals surface area contributed by atoms with Gasteiger partial charge in [-0.3, -0.25) is 0 Å². The summed E-state index contributed by atoms with van der Waals surface area (Å²) in [5.41, 5.74) is 0.849. The number of benzene rings is 2. The van der Waals surface area contributed by atoms with Crippen molar-refractivity contribution in [3.05, 3.63) is 47.5 Å². The molecule has 1 aliphatic heterocycles. The van der Waals surface area contributed by atoms with Crippen LogP contribution in [-0.4, -0.2) is 73.1 Å². The van der Waals surface area contributed by atoms with Crippen LogP contribution < -0.4 is 4.74 Å². The maximum Gasteiger partial charge on any atom is 0.229 e. The molecule has 0 radical (unpaired) electrons. The van der Waals surface area contributed by atoms with Gasteiger partial charge < -0.3 is 45.2 Å². The summed E-state index contributed by atoms with van der Waals surface area (Å²) in [5.74, 6) is -0.605. The van der Waals surface area contributed by atoms with Crippen LogP contribution in [-0.2, 0) is 4.74 Å². The Morgan fingerprint density at radius 3 is 2.21 bits per heavy atom. The van der Waals surface area contributed by atoms with Crippen LogP contribution in [0.3, 0.4) is 0 Å². The van der Waals surface area contributed by atoms with Gasteiger partial charge in [0, 0.05) is 12.1 Å². The Labute approximate surface area is 165 Å². The van der Waals surface area contributed by atoms with Gasteiger partial charge in [0.25, 0.3) is 0 Å². The Morgan fingerprint density at radius 1 is 0.862 bits per heavy atom. The molecule has 0 saturated carbocycles. The second-order valence-electron chi connectivity index (χ2n) is 6.62. The monoisotopic (exact) mass is 406 g/mol. The minimum atomic E-state index is -1.65. The smallest absolute Gasteiger partial charge is 0.229 e. The molecule has 0 amide bonds. The molecule has 0 spiro atoms. The molecule has 0 aromatic heterocycles. The van der Waals surface area contributed by atoms with Crippen molar-refractivity contribution in [1.29, 1.82) is 0 Å². The Bertz CT molecular complexity index is 863. The number of phenols is 3. The van der Waals surface area contributed by atoms with Crippen LogP contribution in [0.4, 0.5) is 0 Å². The van der Waals surface area contributed by atoms with Gasteiger partial charge in [0.1, 0.15) is 47.4 Å². The first-order chi connectivity index (χ1) is 13.8. The summed E-state index contributed by atoms with van der Waals surface area (Å²) in [6.45, 7) is -0.621. The highest BCUT2D eigenvalue weighted by Crippen LogP contribution is 2.36. The number of hydrogen-bond acceptors (Lipinski definition) is 9. The molecule has 9 heteroatoms. The lowest BCUT2D eigenvalue weighted by Gasteiger charge is -2.39. The van der Waals surface area contributed by atoms with E-state index in [-0.39, 0.29) is 28.6 Å². The van der Waals surface area contributed by atoms with Gasteiger partial charge in [-0.25, -0.2) is 0 Å². The minimum absolute atomic E-state index is 0.0677. The summed E-state index contributed by atoms with van der Waals surface area (Å²) in [4.78, 5) is 0. The van der Waals surface area contributed by atoms with Gasteiger partial charge in [0.2, 0.25) is 6.29 Å². The maximum atomic E-state index is 10.2. The molecule has 1 aliphatic rings. The van der Waals surface area contributed by atoms with E-state index in [1.165, 1.54) is 24.3 Å². The third kappa shape index (κ3) is 4.61. The molecule has 2 aromatic rings. The van der Waals surface area contributed by atoms with Crippen molar-refractivity contribution in [2.45, 2.75) is 30.7 Å². The fourth-order valence-electron chi connectivity index (χ4n) is 2.92. The van der Waals surface area contributed by atoms with Gasteiger partial charge >= 0.3 is 0 Å². The predicted molar refractivity (Wildman–Crippen MR) is 101 cm³/mol. The fourth-order valence-corrected chi connectivity index (χ4v) is 2.92. The first-order valence-electron chi connectivity index (χ1n) is 8.80. The third-order valence-corrected chi connectivity index (χ3v) is 4.53. The summed E-state index contributed by atoms with van der Waals surface area (Å²) in [7, 11) is 0. The van der Waals surface area contributed by atoms with E-state index in [2.05, 4.69) is 0 Å². The highest BCUT2D eigenvalue weighted by molar-refractivity contribution is 5.76. The summed E-state index contributed by atoms with van der Waals surface area (Å²) >= 11 is 0. The highest BCUT2D eigenvalue weighted by Gasteiger charge is 2.44. The van der Waals surface area contributed by atoms with Crippen LogP contribution in [0.15, 0.2) is 36.4 Å². The van der Waals surface area contributed by atoms with Gasteiger partial charge in [-0.2, -0.15) is 0 Å². The zero-order chi connectivity index (χ0) is 21.1. The van der Waals surface area contributed by atoms with Gasteiger partial charge in [-0.1, -0.05) is 18.2 Å². The minimum Gasteiger partial charge on any atom is -0.508 e. The number of aromatic hydroxyl groups is 3. The molecule has 9 nitrogen and oxygen atoms in total. The van der Waals surface area contributed by atoms with Crippen molar-refractivity contribution in [2.24, 2.45) is 0 Å². The van der Waals surface area contributed by atoms with E-state index >= 15 is 0 Å². The predicted octanol–water partition coefficient (Wildman–Crippen LogP) is 0.152. The maximum absolute atomic E-state index is 10.2. The van der Waals surface area contributed by atoms with Crippen LogP contribution in [0, 0.1) is 0 Å². The Kier molecular flexibility index (Phi) is 6.26. The Morgan fingerprint density at radius 2 is 1.55 bits per heavy atom. The van der Waals surface area contributed by atoms with Gasteiger partial charge in [0.05, 0.1) is 12.2 Å². The normalized spacial score (nSPS) is 27.2. The van der Waals surface area contributed by atoms with Gasteiger partial charge in [-0.05, 0) is 23.8 Å². The summed E-state index contributed by atoms with van der Waals surface area (Å²) in [5, 5.41) is 68.5. The van der Waals surface area contributed by atoms with E-state index in [9.17, 15) is 35.7 Å².